The normalized spacial score (nSPS) is 11.6. The van der Waals surface area contributed by atoms with Gasteiger partial charge in [-0.1, -0.05) is 26.0 Å². The number of H-pyrrole nitrogens is 1. The van der Waals surface area contributed by atoms with Crippen molar-refractivity contribution in [3.05, 3.63) is 23.8 Å². The van der Waals surface area contributed by atoms with Crippen LogP contribution >= 0.6 is 0 Å². The first-order chi connectivity index (χ1) is 9.60. The molecule has 2 aromatic heterocycles. The van der Waals surface area contributed by atoms with Crippen molar-refractivity contribution in [2.24, 2.45) is 5.92 Å². The number of fused-ring (bicyclic) bond motifs is 3. The predicted octanol–water partition coefficient (Wildman–Crippen LogP) is 2.93. The second-order valence-corrected chi connectivity index (χ2v) is 5.47. The molecule has 0 unspecified atom stereocenters. The minimum absolute atomic E-state index is 0.489. The first-order valence-corrected chi connectivity index (χ1v) is 6.84. The summed E-state index contributed by atoms with van der Waals surface area (Å²) in [7, 11) is 1.83. The van der Waals surface area contributed by atoms with Crippen LogP contribution < -0.4 is 11.1 Å². The van der Waals surface area contributed by atoms with Crippen molar-refractivity contribution in [3.8, 4) is 0 Å². The molecule has 0 atom stereocenters. The van der Waals surface area contributed by atoms with E-state index < -0.39 is 0 Å². The second kappa shape index (κ2) is 4.67. The highest BCUT2D eigenvalue weighted by Crippen LogP contribution is 2.30. The van der Waals surface area contributed by atoms with E-state index in [1.807, 2.05) is 19.2 Å². The number of pyridine rings is 1. The van der Waals surface area contributed by atoms with E-state index in [4.69, 9.17) is 5.73 Å². The average molecular weight is 269 g/mol. The molecule has 0 aliphatic carbocycles. The van der Waals surface area contributed by atoms with Crippen LogP contribution in [0.5, 0.6) is 0 Å². The molecule has 0 bridgehead atoms. The van der Waals surface area contributed by atoms with Crippen molar-refractivity contribution in [1.82, 2.24) is 15.0 Å². The Labute approximate surface area is 117 Å². The molecule has 0 amide bonds. The standard InChI is InChI=1S/C15H19N5/c1-8(2)7-9-5-4-6-10-11(9)12-13(14(16)18-10)20-15(17-3)19-12/h4-6,8H,7H2,1-3H3,(H2,16,18)(H2,17,19,20). The smallest absolute Gasteiger partial charge is 0.201 e. The lowest BCUT2D eigenvalue weighted by Gasteiger charge is -2.09. The van der Waals surface area contributed by atoms with Gasteiger partial charge in [-0.2, -0.15) is 0 Å². The minimum Gasteiger partial charge on any atom is -0.382 e. The van der Waals surface area contributed by atoms with Crippen molar-refractivity contribution in [3.63, 3.8) is 0 Å². The van der Waals surface area contributed by atoms with E-state index in [0.29, 0.717) is 17.7 Å². The lowest BCUT2D eigenvalue weighted by Crippen LogP contribution is -1.98. The summed E-state index contributed by atoms with van der Waals surface area (Å²) in [5.74, 6) is 1.78. The number of rotatable bonds is 3. The van der Waals surface area contributed by atoms with Gasteiger partial charge in [0, 0.05) is 12.4 Å². The number of hydrogen-bond acceptors (Lipinski definition) is 4. The number of aromatic nitrogens is 3. The van der Waals surface area contributed by atoms with Gasteiger partial charge in [0.1, 0.15) is 16.9 Å². The van der Waals surface area contributed by atoms with Crippen molar-refractivity contribution in [2.45, 2.75) is 20.3 Å². The van der Waals surface area contributed by atoms with Crippen molar-refractivity contribution in [2.75, 3.05) is 18.1 Å². The molecule has 3 aromatic rings. The first kappa shape index (κ1) is 12.7. The van der Waals surface area contributed by atoms with Gasteiger partial charge in [0.25, 0.3) is 0 Å². The molecule has 0 fully saturated rings. The van der Waals surface area contributed by atoms with Gasteiger partial charge >= 0.3 is 0 Å². The van der Waals surface area contributed by atoms with Crippen LogP contribution in [0, 0.1) is 5.92 Å². The van der Waals surface area contributed by atoms with E-state index >= 15 is 0 Å². The Morgan fingerprint density at radius 1 is 1.30 bits per heavy atom. The molecule has 0 radical (unpaired) electrons. The lowest BCUT2D eigenvalue weighted by atomic mass is 9.98. The number of benzene rings is 1. The fraction of sp³-hybridized carbons (Fsp3) is 0.333. The molecular weight excluding hydrogens is 250 g/mol. The van der Waals surface area contributed by atoms with Gasteiger partial charge in [-0.05, 0) is 24.0 Å². The first-order valence-electron chi connectivity index (χ1n) is 6.84. The lowest BCUT2D eigenvalue weighted by molar-refractivity contribution is 0.650. The largest absolute Gasteiger partial charge is 0.382 e. The average Bonchev–Trinajstić information content (AvgIpc) is 2.83. The Morgan fingerprint density at radius 2 is 2.10 bits per heavy atom. The maximum absolute atomic E-state index is 6.03. The van der Waals surface area contributed by atoms with E-state index in [0.717, 1.165) is 28.4 Å². The van der Waals surface area contributed by atoms with Gasteiger partial charge in [-0.3, -0.25) is 0 Å². The summed E-state index contributed by atoms with van der Waals surface area (Å²) in [6.45, 7) is 4.43. The van der Waals surface area contributed by atoms with E-state index in [2.05, 4.69) is 40.2 Å². The van der Waals surface area contributed by atoms with Gasteiger partial charge in [0.15, 0.2) is 0 Å². The van der Waals surface area contributed by atoms with Crippen LogP contribution in [0.25, 0.3) is 21.9 Å². The van der Waals surface area contributed by atoms with E-state index in [-0.39, 0.29) is 0 Å². The summed E-state index contributed by atoms with van der Waals surface area (Å²) in [5.41, 5.74) is 9.90. The molecule has 3 rings (SSSR count). The summed E-state index contributed by atoms with van der Waals surface area (Å²) in [6.07, 6.45) is 1.000. The summed E-state index contributed by atoms with van der Waals surface area (Å²) in [5, 5.41) is 4.12. The maximum Gasteiger partial charge on any atom is 0.201 e. The Kier molecular flexibility index (Phi) is 2.97. The number of anilines is 2. The summed E-state index contributed by atoms with van der Waals surface area (Å²) >= 11 is 0. The van der Waals surface area contributed by atoms with Gasteiger partial charge < -0.3 is 16.0 Å². The molecule has 20 heavy (non-hydrogen) atoms. The Balaban J connectivity index is 2.39. The predicted molar refractivity (Wildman–Crippen MR) is 83.9 cm³/mol. The monoisotopic (exact) mass is 269 g/mol. The van der Waals surface area contributed by atoms with Crippen LogP contribution in [-0.4, -0.2) is 22.0 Å². The van der Waals surface area contributed by atoms with Crippen LogP contribution in [0.2, 0.25) is 0 Å². The number of imidazole rings is 1. The minimum atomic E-state index is 0.489. The number of nitrogens with zero attached hydrogens (tertiary/aromatic N) is 2. The van der Waals surface area contributed by atoms with Crippen molar-refractivity contribution >= 4 is 33.7 Å². The highest BCUT2D eigenvalue weighted by Gasteiger charge is 2.14. The Bertz CT molecular complexity index is 773. The quantitative estimate of drug-likeness (QED) is 0.683. The number of nitrogens with one attached hydrogen (secondary N) is 2. The van der Waals surface area contributed by atoms with Gasteiger partial charge in [0.05, 0.1) is 5.52 Å². The molecule has 5 heteroatoms. The fourth-order valence-electron chi connectivity index (χ4n) is 2.61. The van der Waals surface area contributed by atoms with Crippen molar-refractivity contribution in [1.29, 1.82) is 0 Å². The number of nitrogen functional groups attached to an aromatic ring is 1. The third-order valence-corrected chi connectivity index (χ3v) is 3.43. The molecule has 0 aliphatic rings. The molecule has 2 heterocycles. The Hall–Kier alpha value is -2.30. The summed E-state index contributed by atoms with van der Waals surface area (Å²) in [6, 6.07) is 6.17. The molecule has 104 valence electrons. The topological polar surface area (TPSA) is 79.6 Å². The number of aromatic amines is 1. The van der Waals surface area contributed by atoms with Crippen LogP contribution in [-0.2, 0) is 6.42 Å². The van der Waals surface area contributed by atoms with Crippen LogP contribution in [0.3, 0.4) is 0 Å². The Morgan fingerprint density at radius 3 is 2.80 bits per heavy atom. The van der Waals surface area contributed by atoms with Crippen LogP contribution in [0.1, 0.15) is 19.4 Å². The van der Waals surface area contributed by atoms with Crippen LogP contribution in [0.15, 0.2) is 18.2 Å². The van der Waals surface area contributed by atoms with E-state index in [9.17, 15) is 0 Å². The highest BCUT2D eigenvalue weighted by molar-refractivity contribution is 6.08. The molecule has 1 aromatic carbocycles. The highest BCUT2D eigenvalue weighted by atomic mass is 15.1. The van der Waals surface area contributed by atoms with Crippen LogP contribution in [0.4, 0.5) is 11.8 Å². The molecular formula is C15H19N5. The molecule has 0 spiro atoms. The fourth-order valence-corrected chi connectivity index (χ4v) is 2.61. The molecule has 5 nitrogen and oxygen atoms in total. The zero-order valence-electron chi connectivity index (χ0n) is 12.0. The molecule has 4 N–H and O–H groups in total. The van der Waals surface area contributed by atoms with Gasteiger partial charge in [-0.25, -0.2) is 9.97 Å². The van der Waals surface area contributed by atoms with Gasteiger partial charge in [-0.15, -0.1) is 0 Å². The number of nitrogens with two attached hydrogens (primary N) is 1. The van der Waals surface area contributed by atoms with E-state index in [1.54, 1.807) is 0 Å². The summed E-state index contributed by atoms with van der Waals surface area (Å²) in [4.78, 5) is 12.3. The zero-order valence-corrected chi connectivity index (χ0v) is 12.0. The van der Waals surface area contributed by atoms with E-state index in [1.165, 1.54) is 5.56 Å². The molecule has 0 aliphatic heterocycles. The van der Waals surface area contributed by atoms with Gasteiger partial charge in [0.2, 0.25) is 5.95 Å². The maximum atomic E-state index is 6.03. The second-order valence-electron chi connectivity index (χ2n) is 5.47. The zero-order chi connectivity index (χ0) is 14.3. The molecule has 0 saturated carbocycles. The third-order valence-electron chi connectivity index (χ3n) is 3.43. The SMILES string of the molecule is CNc1nc2c([nH]1)c(N)nc1cccc(CC(C)C)c12. The summed E-state index contributed by atoms with van der Waals surface area (Å²) < 4.78 is 0. The third kappa shape index (κ3) is 1.95. The van der Waals surface area contributed by atoms with Crippen molar-refractivity contribution < 1.29 is 0 Å². The number of hydrogen-bond donors (Lipinski definition) is 3. The molecule has 0 saturated heterocycles.